The molecule has 5 rings (SSSR count). The molecule has 0 aliphatic carbocycles. The van der Waals surface area contributed by atoms with E-state index in [1.165, 1.54) is 38.6 Å². The van der Waals surface area contributed by atoms with E-state index in [4.69, 9.17) is 0 Å². The third kappa shape index (κ3) is 0.976. The van der Waals surface area contributed by atoms with E-state index in [-0.39, 0.29) is 0 Å². The van der Waals surface area contributed by atoms with Crippen molar-refractivity contribution in [2.24, 2.45) is 0 Å². The molecule has 0 bridgehead atoms. The highest BCUT2D eigenvalue weighted by molar-refractivity contribution is 5.99. The van der Waals surface area contributed by atoms with Crippen LogP contribution in [0.25, 0.3) is 27.5 Å². The van der Waals surface area contributed by atoms with E-state index in [1.54, 1.807) is 0 Å². The van der Waals surface area contributed by atoms with Gasteiger partial charge in [0.15, 0.2) is 11.0 Å². The average Bonchev–Trinajstić information content (AvgIpc) is 2.98. The van der Waals surface area contributed by atoms with Crippen LogP contribution in [-0.2, 0) is 6.54 Å². The van der Waals surface area contributed by atoms with Crippen LogP contribution < -0.4 is 4.57 Å². The number of para-hydroxylation sites is 2. The Morgan fingerprint density at radius 1 is 1.05 bits per heavy atom. The summed E-state index contributed by atoms with van der Waals surface area (Å²) in [5.74, 6) is 0. The summed E-state index contributed by atoms with van der Waals surface area (Å²) >= 11 is 0. The summed E-state index contributed by atoms with van der Waals surface area (Å²) in [5.41, 5.74) is 6.85. The second-order valence-electron chi connectivity index (χ2n) is 5.41. The fourth-order valence-corrected chi connectivity index (χ4v) is 3.51. The van der Waals surface area contributed by atoms with Gasteiger partial charge in [0.05, 0.1) is 11.6 Å². The molecule has 0 saturated carbocycles. The Bertz CT molecular complexity index is 993. The molecule has 0 N–H and O–H groups in total. The number of benzene rings is 2. The molecule has 0 radical (unpaired) electrons. The molecule has 0 fully saturated rings. The fourth-order valence-electron chi connectivity index (χ4n) is 3.51. The Hall–Kier alpha value is -2.35. The minimum Gasteiger partial charge on any atom is -0.218 e. The molecule has 3 heterocycles. The number of rotatable bonds is 0. The van der Waals surface area contributed by atoms with Gasteiger partial charge in [0.2, 0.25) is 0 Å². The SMILES string of the molecule is Cc1ccc2ccn3c4ccccc4[n+]4c3c2c1C4. The van der Waals surface area contributed by atoms with Crippen molar-refractivity contribution in [1.29, 1.82) is 0 Å². The maximum absolute atomic E-state index is 2.44. The predicted molar refractivity (Wildman–Crippen MR) is 76.4 cm³/mol. The lowest BCUT2D eigenvalue weighted by molar-refractivity contribution is -0.631. The number of pyridine rings is 1. The van der Waals surface area contributed by atoms with Gasteiger partial charge in [0.25, 0.3) is 5.65 Å². The van der Waals surface area contributed by atoms with Crippen LogP contribution in [0, 0.1) is 6.92 Å². The first-order chi connectivity index (χ1) is 9.34. The molecule has 2 nitrogen and oxygen atoms in total. The molecule has 2 aromatic carbocycles. The van der Waals surface area contributed by atoms with Crippen molar-refractivity contribution in [1.82, 2.24) is 4.40 Å². The molecule has 0 saturated heterocycles. The summed E-state index contributed by atoms with van der Waals surface area (Å²) in [7, 11) is 0. The van der Waals surface area contributed by atoms with Crippen LogP contribution in [0.5, 0.6) is 0 Å². The summed E-state index contributed by atoms with van der Waals surface area (Å²) in [5, 5.41) is 2.78. The zero-order chi connectivity index (χ0) is 12.6. The van der Waals surface area contributed by atoms with Crippen LogP contribution in [0.3, 0.4) is 0 Å². The Balaban J connectivity index is 2.19. The number of aryl methyl sites for hydroxylation is 1. The fraction of sp³-hybridized carbons (Fsp3) is 0.118. The minimum absolute atomic E-state index is 1.000. The number of aromatic nitrogens is 2. The molecule has 0 amide bonds. The van der Waals surface area contributed by atoms with Gasteiger partial charge in [-0.3, -0.25) is 0 Å². The zero-order valence-corrected chi connectivity index (χ0v) is 10.7. The van der Waals surface area contributed by atoms with Crippen LogP contribution >= 0.6 is 0 Å². The monoisotopic (exact) mass is 245 g/mol. The van der Waals surface area contributed by atoms with Crippen molar-refractivity contribution in [2.45, 2.75) is 13.5 Å². The molecule has 4 aromatic rings. The standard InChI is InChI=1S/C17H13N2/c1-11-6-7-12-8-9-18-14-4-2-3-5-15(14)19-10-13(11)16(12)17(18)19/h2-9H,10H2,1H3/q+1. The summed E-state index contributed by atoms with van der Waals surface area (Å²) in [6, 6.07) is 15.4. The number of imidazole rings is 1. The lowest BCUT2D eigenvalue weighted by atomic mass is 10.0. The smallest absolute Gasteiger partial charge is 0.218 e. The van der Waals surface area contributed by atoms with E-state index >= 15 is 0 Å². The van der Waals surface area contributed by atoms with E-state index in [9.17, 15) is 0 Å². The molecule has 2 aromatic heterocycles. The molecule has 1 aliphatic heterocycles. The summed E-state index contributed by atoms with van der Waals surface area (Å²) < 4.78 is 4.77. The van der Waals surface area contributed by atoms with Crippen molar-refractivity contribution < 1.29 is 4.57 Å². The maximum Gasteiger partial charge on any atom is 0.295 e. The van der Waals surface area contributed by atoms with E-state index in [2.05, 4.69) is 64.6 Å². The van der Waals surface area contributed by atoms with Gasteiger partial charge in [-0.2, -0.15) is 4.40 Å². The summed E-state index contributed by atoms with van der Waals surface area (Å²) in [6.07, 6.45) is 2.20. The molecule has 0 atom stereocenters. The number of fused-ring (bicyclic) bond motifs is 3. The van der Waals surface area contributed by atoms with E-state index < -0.39 is 0 Å². The van der Waals surface area contributed by atoms with Gasteiger partial charge < -0.3 is 0 Å². The first-order valence-corrected chi connectivity index (χ1v) is 6.68. The molecule has 1 aliphatic rings. The highest BCUT2D eigenvalue weighted by atomic mass is 15.1. The first kappa shape index (κ1) is 9.56. The maximum atomic E-state index is 2.44. The van der Waals surface area contributed by atoms with Crippen molar-refractivity contribution in [3.63, 3.8) is 0 Å². The first-order valence-electron chi connectivity index (χ1n) is 6.68. The third-order valence-corrected chi connectivity index (χ3v) is 4.44. The molecular formula is C17H13N2+. The van der Waals surface area contributed by atoms with Crippen LogP contribution in [-0.4, -0.2) is 4.40 Å². The lowest BCUT2D eigenvalue weighted by Crippen LogP contribution is -2.30. The van der Waals surface area contributed by atoms with Crippen molar-refractivity contribution in [3.05, 3.63) is 59.8 Å². The third-order valence-electron chi connectivity index (χ3n) is 4.44. The number of nitrogens with zero attached hydrogens (tertiary/aromatic N) is 2. The summed E-state index contributed by atoms with van der Waals surface area (Å²) in [6.45, 7) is 3.21. The van der Waals surface area contributed by atoms with Crippen LogP contribution in [0.4, 0.5) is 0 Å². The molecule has 2 heteroatoms. The molecule has 0 spiro atoms. The number of hydrogen-bond donors (Lipinski definition) is 0. The van der Waals surface area contributed by atoms with Crippen LogP contribution in [0.15, 0.2) is 48.7 Å². The zero-order valence-electron chi connectivity index (χ0n) is 10.7. The minimum atomic E-state index is 1.000. The van der Waals surface area contributed by atoms with Crippen molar-refractivity contribution in [2.75, 3.05) is 0 Å². The van der Waals surface area contributed by atoms with Crippen molar-refractivity contribution in [3.8, 4) is 0 Å². The van der Waals surface area contributed by atoms with Gasteiger partial charge >= 0.3 is 0 Å². The second-order valence-corrected chi connectivity index (χ2v) is 5.41. The highest BCUT2D eigenvalue weighted by Gasteiger charge is 2.29. The Labute approximate surface area is 110 Å². The topological polar surface area (TPSA) is 8.29 Å². The predicted octanol–water partition coefficient (Wildman–Crippen LogP) is 3.20. The normalized spacial score (nSPS) is 13.3. The second kappa shape index (κ2) is 2.97. The van der Waals surface area contributed by atoms with Gasteiger partial charge in [-0.15, -0.1) is 0 Å². The summed E-state index contributed by atoms with van der Waals surface area (Å²) in [4.78, 5) is 0. The quantitative estimate of drug-likeness (QED) is 0.370. The van der Waals surface area contributed by atoms with Gasteiger partial charge in [-0.25, -0.2) is 4.57 Å². The van der Waals surface area contributed by atoms with Crippen LogP contribution in [0.2, 0.25) is 0 Å². The average molecular weight is 245 g/mol. The Morgan fingerprint density at radius 3 is 2.89 bits per heavy atom. The van der Waals surface area contributed by atoms with E-state index in [0.29, 0.717) is 0 Å². The van der Waals surface area contributed by atoms with Crippen LogP contribution in [0.1, 0.15) is 11.1 Å². The number of hydrogen-bond acceptors (Lipinski definition) is 0. The highest BCUT2D eigenvalue weighted by Crippen LogP contribution is 2.32. The van der Waals surface area contributed by atoms with Crippen molar-refractivity contribution >= 4 is 27.5 Å². The molecule has 0 unspecified atom stereocenters. The molecule has 90 valence electrons. The Kier molecular flexibility index (Phi) is 1.49. The van der Waals surface area contributed by atoms with Gasteiger partial charge in [0.1, 0.15) is 6.54 Å². The largest absolute Gasteiger partial charge is 0.295 e. The van der Waals surface area contributed by atoms with Gasteiger partial charge in [-0.05, 0) is 36.1 Å². The van der Waals surface area contributed by atoms with Gasteiger partial charge in [-0.1, -0.05) is 24.3 Å². The van der Waals surface area contributed by atoms with E-state index in [0.717, 1.165) is 6.54 Å². The Morgan fingerprint density at radius 2 is 1.95 bits per heavy atom. The molecule has 19 heavy (non-hydrogen) atoms. The van der Waals surface area contributed by atoms with Gasteiger partial charge in [0, 0.05) is 5.56 Å². The van der Waals surface area contributed by atoms with E-state index in [1.807, 2.05) is 0 Å². The molecular weight excluding hydrogens is 232 g/mol. The lowest BCUT2D eigenvalue weighted by Gasteiger charge is -2.02.